The minimum Gasteiger partial charge on any atom is -0.481 e. The lowest BCUT2D eigenvalue weighted by Crippen LogP contribution is -1.96. The van der Waals surface area contributed by atoms with Crippen LogP contribution in [-0.4, -0.2) is 16.1 Å². The predicted molar refractivity (Wildman–Crippen MR) is 102 cm³/mol. The van der Waals surface area contributed by atoms with Crippen LogP contribution in [0.15, 0.2) is 42.5 Å². The summed E-state index contributed by atoms with van der Waals surface area (Å²) in [5, 5.41) is 10.8. The van der Waals surface area contributed by atoms with E-state index in [1.165, 1.54) is 5.56 Å². The third kappa shape index (κ3) is 3.70. The Balaban J connectivity index is 2.07. The fourth-order valence-electron chi connectivity index (χ4n) is 2.76. The molecule has 0 aliphatic carbocycles. The Morgan fingerprint density at radius 3 is 2.61 bits per heavy atom. The van der Waals surface area contributed by atoms with Crippen molar-refractivity contribution in [3.63, 3.8) is 0 Å². The van der Waals surface area contributed by atoms with Gasteiger partial charge in [0.25, 0.3) is 0 Å². The predicted octanol–water partition coefficient (Wildman–Crippen LogP) is 5.50. The fraction of sp³-hybridized carbons (Fsp3) is 0.167. The highest BCUT2D eigenvalue weighted by molar-refractivity contribution is 14.1. The van der Waals surface area contributed by atoms with Gasteiger partial charge in [-0.3, -0.25) is 4.79 Å². The highest BCUT2D eigenvalue weighted by Gasteiger charge is 2.14. The van der Waals surface area contributed by atoms with Gasteiger partial charge in [0.1, 0.15) is 0 Å². The summed E-state index contributed by atoms with van der Waals surface area (Å²) < 4.78 is 1.16. The van der Waals surface area contributed by atoms with Crippen LogP contribution in [0.1, 0.15) is 18.4 Å². The fourth-order valence-corrected chi connectivity index (χ4v) is 3.38. The van der Waals surface area contributed by atoms with Crippen molar-refractivity contribution >= 4 is 51.1 Å². The molecule has 0 aliphatic heterocycles. The van der Waals surface area contributed by atoms with Crippen molar-refractivity contribution < 1.29 is 9.90 Å². The molecule has 3 aromatic rings. The van der Waals surface area contributed by atoms with Gasteiger partial charge in [0.05, 0.1) is 0 Å². The standard InChI is InChI=1S/C18H15ClINO2/c19-12-6-4-11(5-7-12)18-14(2-1-3-17(22)23)15-10-13(20)8-9-16(15)21-18/h4-10,21H,1-3H2,(H,22,23). The Bertz CT molecular complexity index is 855. The zero-order chi connectivity index (χ0) is 16.4. The van der Waals surface area contributed by atoms with Crippen molar-refractivity contribution in [2.45, 2.75) is 19.3 Å². The van der Waals surface area contributed by atoms with Gasteiger partial charge in [0.2, 0.25) is 0 Å². The molecule has 1 heterocycles. The van der Waals surface area contributed by atoms with E-state index in [0.29, 0.717) is 11.4 Å². The summed E-state index contributed by atoms with van der Waals surface area (Å²) >= 11 is 8.28. The first kappa shape index (κ1) is 16.3. The molecular formula is C18H15ClINO2. The number of aliphatic carboxylic acids is 1. The van der Waals surface area contributed by atoms with E-state index < -0.39 is 5.97 Å². The number of rotatable bonds is 5. The molecule has 0 fully saturated rings. The highest BCUT2D eigenvalue weighted by Crippen LogP contribution is 2.33. The molecule has 0 saturated carbocycles. The molecule has 118 valence electrons. The number of aromatic nitrogens is 1. The van der Waals surface area contributed by atoms with Crippen LogP contribution in [0.25, 0.3) is 22.2 Å². The molecule has 2 N–H and O–H groups in total. The third-order valence-corrected chi connectivity index (χ3v) is 4.74. The van der Waals surface area contributed by atoms with Crippen molar-refractivity contribution in [2.24, 2.45) is 0 Å². The number of fused-ring (bicyclic) bond motifs is 1. The number of nitrogens with one attached hydrogen (secondary N) is 1. The van der Waals surface area contributed by atoms with Gasteiger partial charge in [0.15, 0.2) is 0 Å². The van der Waals surface area contributed by atoms with Gasteiger partial charge in [-0.05, 0) is 76.9 Å². The monoisotopic (exact) mass is 439 g/mol. The second-order valence-corrected chi connectivity index (χ2v) is 7.10. The summed E-state index contributed by atoms with van der Waals surface area (Å²) in [6.07, 6.45) is 1.52. The van der Waals surface area contributed by atoms with E-state index in [4.69, 9.17) is 16.7 Å². The molecular weight excluding hydrogens is 425 g/mol. The lowest BCUT2D eigenvalue weighted by Gasteiger charge is -2.05. The van der Waals surface area contributed by atoms with Crippen molar-refractivity contribution in [3.8, 4) is 11.3 Å². The van der Waals surface area contributed by atoms with E-state index in [-0.39, 0.29) is 6.42 Å². The first-order valence-corrected chi connectivity index (χ1v) is 8.78. The largest absolute Gasteiger partial charge is 0.481 e. The summed E-state index contributed by atoms with van der Waals surface area (Å²) in [5.74, 6) is -0.757. The van der Waals surface area contributed by atoms with Crippen molar-refractivity contribution in [1.29, 1.82) is 0 Å². The molecule has 0 unspecified atom stereocenters. The molecule has 1 aromatic heterocycles. The first-order chi connectivity index (χ1) is 11.0. The zero-order valence-electron chi connectivity index (χ0n) is 12.3. The summed E-state index contributed by atoms with van der Waals surface area (Å²) in [4.78, 5) is 14.3. The maximum atomic E-state index is 10.8. The van der Waals surface area contributed by atoms with Gasteiger partial charge in [-0.25, -0.2) is 0 Å². The minimum absolute atomic E-state index is 0.177. The summed E-state index contributed by atoms with van der Waals surface area (Å²) in [7, 11) is 0. The van der Waals surface area contributed by atoms with Gasteiger partial charge in [0, 0.05) is 31.6 Å². The van der Waals surface area contributed by atoms with E-state index in [2.05, 4.69) is 45.8 Å². The lowest BCUT2D eigenvalue weighted by molar-refractivity contribution is -0.137. The van der Waals surface area contributed by atoms with Crippen molar-refractivity contribution in [2.75, 3.05) is 0 Å². The Kier molecular flexibility index (Phi) is 4.92. The number of benzene rings is 2. The molecule has 3 rings (SSSR count). The molecule has 2 aromatic carbocycles. The minimum atomic E-state index is -0.757. The van der Waals surface area contributed by atoms with Gasteiger partial charge in [-0.15, -0.1) is 0 Å². The molecule has 0 radical (unpaired) electrons. The van der Waals surface area contributed by atoms with Gasteiger partial charge >= 0.3 is 5.97 Å². The number of aryl methyl sites for hydroxylation is 1. The van der Waals surface area contributed by atoms with Crippen LogP contribution < -0.4 is 0 Å². The highest BCUT2D eigenvalue weighted by atomic mass is 127. The number of halogens is 2. The van der Waals surface area contributed by atoms with Crippen LogP contribution in [0.2, 0.25) is 5.02 Å². The van der Waals surface area contributed by atoms with E-state index in [9.17, 15) is 4.79 Å². The topological polar surface area (TPSA) is 53.1 Å². The average molecular weight is 440 g/mol. The van der Waals surface area contributed by atoms with E-state index >= 15 is 0 Å². The number of H-pyrrole nitrogens is 1. The SMILES string of the molecule is O=C(O)CCCc1c(-c2ccc(Cl)cc2)[nH]c2ccc(I)cc12. The van der Waals surface area contributed by atoms with E-state index in [1.54, 1.807) is 0 Å². The van der Waals surface area contributed by atoms with Crippen LogP contribution in [0, 0.1) is 3.57 Å². The quantitative estimate of drug-likeness (QED) is 0.516. The Morgan fingerprint density at radius 1 is 1.17 bits per heavy atom. The molecule has 0 aliphatic rings. The van der Waals surface area contributed by atoms with Gasteiger partial charge in [-0.2, -0.15) is 0 Å². The molecule has 0 bridgehead atoms. The zero-order valence-corrected chi connectivity index (χ0v) is 15.2. The molecule has 0 spiro atoms. The summed E-state index contributed by atoms with van der Waals surface area (Å²) in [6, 6.07) is 14.0. The third-order valence-electron chi connectivity index (χ3n) is 3.82. The van der Waals surface area contributed by atoms with E-state index in [1.807, 2.05) is 24.3 Å². The van der Waals surface area contributed by atoms with E-state index in [0.717, 1.165) is 32.2 Å². The van der Waals surface area contributed by atoms with Crippen LogP contribution in [0.4, 0.5) is 0 Å². The summed E-state index contributed by atoms with van der Waals surface area (Å²) in [6.45, 7) is 0. The van der Waals surface area contributed by atoms with Crippen LogP contribution in [-0.2, 0) is 11.2 Å². The first-order valence-electron chi connectivity index (χ1n) is 7.32. The lowest BCUT2D eigenvalue weighted by atomic mass is 10.0. The normalized spacial score (nSPS) is 11.0. The Morgan fingerprint density at radius 2 is 1.91 bits per heavy atom. The Hall–Kier alpha value is -1.53. The summed E-state index contributed by atoms with van der Waals surface area (Å²) in [5.41, 5.74) is 4.35. The number of carboxylic acid groups (broad SMARTS) is 1. The maximum Gasteiger partial charge on any atom is 0.303 e. The number of hydrogen-bond donors (Lipinski definition) is 2. The number of hydrogen-bond acceptors (Lipinski definition) is 1. The van der Waals surface area contributed by atoms with Crippen LogP contribution in [0.5, 0.6) is 0 Å². The number of carbonyl (C=O) groups is 1. The molecule has 0 atom stereocenters. The molecule has 5 heteroatoms. The van der Waals surface area contributed by atoms with Crippen LogP contribution >= 0.6 is 34.2 Å². The molecule has 23 heavy (non-hydrogen) atoms. The maximum absolute atomic E-state index is 10.8. The average Bonchev–Trinajstić information content (AvgIpc) is 2.86. The second-order valence-electron chi connectivity index (χ2n) is 5.42. The second kappa shape index (κ2) is 6.93. The molecule has 3 nitrogen and oxygen atoms in total. The Labute approximate surface area is 152 Å². The van der Waals surface area contributed by atoms with Gasteiger partial charge in [-0.1, -0.05) is 23.7 Å². The smallest absolute Gasteiger partial charge is 0.303 e. The van der Waals surface area contributed by atoms with Crippen molar-refractivity contribution in [1.82, 2.24) is 4.98 Å². The number of carboxylic acids is 1. The van der Waals surface area contributed by atoms with Crippen LogP contribution in [0.3, 0.4) is 0 Å². The van der Waals surface area contributed by atoms with Gasteiger partial charge < -0.3 is 10.1 Å². The molecule has 0 saturated heterocycles. The number of aromatic amines is 1. The molecule has 0 amide bonds. The van der Waals surface area contributed by atoms with Crippen molar-refractivity contribution in [3.05, 3.63) is 56.6 Å².